The van der Waals surface area contributed by atoms with E-state index in [4.69, 9.17) is 4.74 Å². The molecule has 0 amide bonds. The third kappa shape index (κ3) is 5.56. The molecule has 0 aliphatic heterocycles. The van der Waals surface area contributed by atoms with Gasteiger partial charge in [0.25, 0.3) is 0 Å². The molecule has 0 aliphatic rings. The highest BCUT2D eigenvalue weighted by molar-refractivity contribution is 7.85. The van der Waals surface area contributed by atoms with Gasteiger partial charge in [-0.3, -0.25) is 9.20 Å². The fraction of sp³-hybridized carbons (Fsp3) is 0.316. The van der Waals surface area contributed by atoms with E-state index in [-0.39, 0.29) is 11.8 Å². The summed E-state index contributed by atoms with van der Waals surface area (Å²) < 4.78 is 31.0. The predicted octanol–water partition coefficient (Wildman–Crippen LogP) is 2.87. The summed E-state index contributed by atoms with van der Waals surface area (Å²) in [5.74, 6) is 0.849. The van der Waals surface area contributed by atoms with E-state index in [9.17, 15) is 8.60 Å². The van der Waals surface area contributed by atoms with Crippen molar-refractivity contribution in [1.29, 1.82) is 0 Å². The summed E-state index contributed by atoms with van der Waals surface area (Å²) >= 11 is 0. The van der Waals surface area contributed by atoms with Crippen molar-refractivity contribution in [2.24, 2.45) is 4.99 Å². The third-order valence-corrected chi connectivity index (χ3v) is 5.21. The second-order valence-corrected chi connectivity index (χ2v) is 7.19. The molecule has 140 valence electrons. The lowest BCUT2D eigenvalue weighted by Crippen LogP contribution is -2.40. The molecule has 2 unspecified atom stereocenters. The minimum Gasteiger partial charge on any atom is -0.494 e. The van der Waals surface area contributed by atoms with Gasteiger partial charge in [-0.15, -0.1) is 0 Å². The summed E-state index contributed by atoms with van der Waals surface area (Å²) in [6.45, 7) is 2.42. The molecule has 0 saturated carbocycles. The summed E-state index contributed by atoms with van der Waals surface area (Å²) in [5.41, 5.74) is 0.777. The largest absolute Gasteiger partial charge is 0.494 e. The minimum absolute atomic E-state index is 0.152. The molecule has 2 N–H and O–H groups in total. The third-order valence-electron chi connectivity index (χ3n) is 3.84. The van der Waals surface area contributed by atoms with Crippen LogP contribution in [0.5, 0.6) is 5.75 Å². The van der Waals surface area contributed by atoms with E-state index in [0.717, 1.165) is 10.5 Å². The van der Waals surface area contributed by atoms with Crippen LogP contribution in [0.4, 0.5) is 4.39 Å². The van der Waals surface area contributed by atoms with Gasteiger partial charge in [0.15, 0.2) is 17.5 Å². The molecule has 5 nitrogen and oxygen atoms in total. The van der Waals surface area contributed by atoms with Crippen molar-refractivity contribution < 1.29 is 13.3 Å². The molecular formula is C19H24FN3O2S. The number of methoxy groups -OCH3 is 1. The topological polar surface area (TPSA) is 62.7 Å². The van der Waals surface area contributed by atoms with E-state index in [0.29, 0.717) is 18.3 Å². The predicted molar refractivity (Wildman–Crippen MR) is 104 cm³/mol. The van der Waals surface area contributed by atoms with Gasteiger partial charge in [0.2, 0.25) is 0 Å². The number of ether oxygens (including phenoxy) is 1. The molecule has 2 rings (SSSR count). The number of halogens is 1. The molecule has 0 radical (unpaired) electrons. The Bertz CT molecular complexity index is 769. The van der Waals surface area contributed by atoms with Crippen molar-refractivity contribution in [1.82, 2.24) is 10.6 Å². The van der Waals surface area contributed by atoms with Crippen molar-refractivity contribution in [2.45, 2.75) is 17.9 Å². The molecule has 0 heterocycles. The summed E-state index contributed by atoms with van der Waals surface area (Å²) in [7, 11) is 2.03. The van der Waals surface area contributed by atoms with Gasteiger partial charge >= 0.3 is 0 Å². The second-order valence-electron chi connectivity index (χ2n) is 5.62. The SMILES string of the molecule is CN=C(NCCS(=O)c1ccccc1)NC(C)c1ccc(OC)c(F)c1. The molecule has 26 heavy (non-hydrogen) atoms. The summed E-state index contributed by atoms with van der Waals surface area (Å²) in [6, 6.07) is 14.0. The van der Waals surface area contributed by atoms with Crippen LogP contribution in [0.2, 0.25) is 0 Å². The maximum Gasteiger partial charge on any atom is 0.191 e. The highest BCUT2D eigenvalue weighted by atomic mass is 32.2. The first kappa shape index (κ1) is 19.9. The van der Waals surface area contributed by atoms with Crippen LogP contribution in [0.15, 0.2) is 58.4 Å². The second kappa shape index (κ2) is 9.91. The average Bonchev–Trinajstić information content (AvgIpc) is 2.67. The number of rotatable bonds is 7. The zero-order valence-corrected chi connectivity index (χ0v) is 16.0. The van der Waals surface area contributed by atoms with Gasteiger partial charge < -0.3 is 15.4 Å². The lowest BCUT2D eigenvalue weighted by atomic mass is 10.1. The van der Waals surface area contributed by atoms with Crippen LogP contribution < -0.4 is 15.4 Å². The minimum atomic E-state index is -1.07. The maximum atomic E-state index is 13.9. The molecule has 0 spiro atoms. The Morgan fingerprint density at radius 1 is 1.27 bits per heavy atom. The summed E-state index contributed by atoms with van der Waals surface area (Å²) in [5, 5.41) is 6.33. The molecule has 0 aliphatic carbocycles. The van der Waals surface area contributed by atoms with Crippen LogP contribution in [0, 0.1) is 5.82 Å². The first-order chi connectivity index (χ1) is 12.5. The Morgan fingerprint density at radius 2 is 2.00 bits per heavy atom. The maximum absolute atomic E-state index is 13.9. The summed E-state index contributed by atoms with van der Waals surface area (Å²) in [4.78, 5) is 4.96. The molecule has 0 bridgehead atoms. The molecule has 0 aromatic heterocycles. The van der Waals surface area contributed by atoms with Crippen LogP contribution in [-0.2, 0) is 10.8 Å². The lowest BCUT2D eigenvalue weighted by Gasteiger charge is -2.18. The van der Waals surface area contributed by atoms with Crippen molar-refractivity contribution in [2.75, 3.05) is 26.5 Å². The van der Waals surface area contributed by atoms with E-state index in [2.05, 4.69) is 15.6 Å². The number of aliphatic imine (C=N–C) groups is 1. The molecule has 0 saturated heterocycles. The molecule has 0 fully saturated rings. The van der Waals surface area contributed by atoms with E-state index >= 15 is 0 Å². The highest BCUT2D eigenvalue weighted by Gasteiger charge is 2.11. The normalized spacial score (nSPS) is 13.8. The smallest absolute Gasteiger partial charge is 0.191 e. The molecule has 7 heteroatoms. The van der Waals surface area contributed by atoms with Gasteiger partial charge in [-0.05, 0) is 36.8 Å². The van der Waals surface area contributed by atoms with E-state index in [1.165, 1.54) is 13.2 Å². The fourth-order valence-corrected chi connectivity index (χ4v) is 3.37. The number of guanidine groups is 1. The van der Waals surface area contributed by atoms with Crippen LogP contribution in [-0.4, -0.2) is 36.6 Å². The number of benzene rings is 2. The van der Waals surface area contributed by atoms with Crippen molar-refractivity contribution in [3.8, 4) is 5.75 Å². The molecule has 2 aromatic rings. The molecular weight excluding hydrogens is 353 g/mol. The Balaban J connectivity index is 1.87. The van der Waals surface area contributed by atoms with Gasteiger partial charge in [-0.1, -0.05) is 24.3 Å². The van der Waals surface area contributed by atoms with E-state index in [1.54, 1.807) is 19.2 Å². The Hall–Kier alpha value is -2.41. The number of hydrogen-bond donors (Lipinski definition) is 2. The highest BCUT2D eigenvalue weighted by Crippen LogP contribution is 2.21. The first-order valence-electron chi connectivity index (χ1n) is 8.29. The Kier molecular flexibility index (Phi) is 7.59. The van der Waals surface area contributed by atoms with Crippen LogP contribution in [0.25, 0.3) is 0 Å². The molecule has 2 aromatic carbocycles. The van der Waals surface area contributed by atoms with Crippen molar-refractivity contribution in [3.05, 3.63) is 59.9 Å². The summed E-state index contributed by atoms with van der Waals surface area (Å²) in [6.07, 6.45) is 0. The first-order valence-corrected chi connectivity index (χ1v) is 9.61. The quantitative estimate of drug-likeness (QED) is 0.575. The lowest BCUT2D eigenvalue weighted by molar-refractivity contribution is 0.386. The van der Waals surface area contributed by atoms with Crippen LogP contribution in [0.1, 0.15) is 18.5 Å². The van der Waals surface area contributed by atoms with E-state index < -0.39 is 16.6 Å². The number of hydrogen-bond acceptors (Lipinski definition) is 3. The Morgan fingerprint density at radius 3 is 2.62 bits per heavy atom. The van der Waals surface area contributed by atoms with Gasteiger partial charge in [-0.2, -0.15) is 0 Å². The zero-order valence-electron chi connectivity index (χ0n) is 15.2. The van der Waals surface area contributed by atoms with Crippen molar-refractivity contribution in [3.63, 3.8) is 0 Å². The fourth-order valence-electron chi connectivity index (χ4n) is 2.39. The monoisotopic (exact) mass is 377 g/mol. The average molecular weight is 377 g/mol. The molecule has 2 atom stereocenters. The zero-order chi connectivity index (χ0) is 18.9. The van der Waals surface area contributed by atoms with Crippen molar-refractivity contribution >= 4 is 16.8 Å². The van der Waals surface area contributed by atoms with Gasteiger partial charge in [0.05, 0.1) is 24.0 Å². The number of nitrogens with zero attached hydrogens (tertiary/aromatic N) is 1. The van der Waals surface area contributed by atoms with Crippen LogP contribution >= 0.6 is 0 Å². The van der Waals surface area contributed by atoms with Gasteiger partial charge in [0, 0.05) is 24.2 Å². The van der Waals surface area contributed by atoms with Gasteiger partial charge in [0.1, 0.15) is 0 Å². The van der Waals surface area contributed by atoms with E-state index in [1.807, 2.05) is 37.3 Å². The standard InChI is InChI=1S/C19H24FN3O2S/c1-14(15-9-10-18(25-3)17(20)13-15)23-19(21-2)22-11-12-26(24)16-7-5-4-6-8-16/h4-10,13-14H,11-12H2,1-3H3,(H2,21,22,23). The number of nitrogens with one attached hydrogen (secondary N) is 2. The van der Waals surface area contributed by atoms with Gasteiger partial charge in [-0.25, -0.2) is 4.39 Å². The van der Waals surface area contributed by atoms with Crippen LogP contribution in [0.3, 0.4) is 0 Å². The Labute approximate surface area is 156 Å².